The predicted molar refractivity (Wildman–Crippen MR) is 71.7 cm³/mol. The molecule has 102 valence electrons. The first-order chi connectivity index (χ1) is 9.16. The summed E-state index contributed by atoms with van der Waals surface area (Å²) in [5.74, 6) is -0.478. The van der Waals surface area contributed by atoms with Crippen molar-refractivity contribution in [2.75, 3.05) is 25.0 Å². The lowest BCUT2D eigenvalue weighted by Crippen LogP contribution is -2.21. The molecule has 0 radical (unpaired) electrons. The molecule has 19 heavy (non-hydrogen) atoms. The number of halogens is 1. The van der Waals surface area contributed by atoms with Crippen molar-refractivity contribution in [2.45, 2.75) is 12.8 Å². The van der Waals surface area contributed by atoms with Gasteiger partial charge in [0, 0.05) is 25.2 Å². The van der Waals surface area contributed by atoms with E-state index < -0.39 is 10.7 Å². The van der Waals surface area contributed by atoms with Crippen molar-refractivity contribution in [3.63, 3.8) is 0 Å². The Hall–Kier alpha value is -1.95. The van der Waals surface area contributed by atoms with E-state index in [1.54, 1.807) is 0 Å². The number of rotatable bonds is 5. The van der Waals surface area contributed by atoms with E-state index in [0.717, 1.165) is 38.1 Å². The van der Waals surface area contributed by atoms with Crippen LogP contribution in [0.5, 0.6) is 0 Å². The van der Waals surface area contributed by atoms with Gasteiger partial charge >= 0.3 is 0 Å². The molecule has 0 aliphatic carbocycles. The highest BCUT2D eigenvalue weighted by molar-refractivity contribution is 5.61. The molecule has 0 spiro atoms. The smallest absolute Gasteiger partial charge is 0.292 e. The molecule has 0 fully saturated rings. The second-order valence-corrected chi connectivity index (χ2v) is 4.41. The van der Waals surface area contributed by atoms with Gasteiger partial charge in [-0.3, -0.25) is 10.1 Å². The minimum Gasteiger partial charge on any atom is -0.379 e. The lowest BCUT2D eigenvalue weighted by Gasteiger charge is -2.14. The molecule has 0 saturated heterocycles. The Morgan fingerprint density at radius 2 is 2.32 bits per heavy atom. The van der Waals surface area contributed by atoms with Crippen molar-refractivity contribution in [1.29, 1.82) is 0 Å². The van der Waals surface area contributed by atoms with E-state index in [4.69, 9.17) is 0 Å². The molecule has 0 amide bonds. The Kier molecular flexibility index (Phi) is 4.46. The Morgan fingerprint density at radius 1 is 1.47 bits per heavy atom. The van der Waals surface area contributed by atoms with E-state index in [-0.39, 0.29) is 11.4 Å². The quantitative estimate of drug-likeness (QED) is 0.487. The van der Waals surface area contributed by atoms with Gasteiger partial charge in [-0.1, -0.05) is 11.6 Å². The standard InChI is InChI=1S/C13H16FN3O2/c14-11-1-2-13(17(18)19)12(9-11)16-8-5-10-3-6-15-7-4-10/h1-3,9,15-16H,4-8H2. The third-order valence-electron chi connectivity index (χ3n) is 3.07. The lowest BCUT2D eigenvalue weighted by molar-refractivity contribution is -0.384. The number of nitro groups is 1. The number of hydrogen-bond donors (Lipinski definition) is 2. The van der Waals surface area contributed by atoms with Crippen molar-refractivity contribution >= 4 is 11.4 Å². The Bertz CT molecular complexity index is 503. The van der Waals surface area contributed by atoms with Crippen LogP contribution in [0.25, 0.3) is 0 Å². The molecule has 0 saturated carbocycles. The van der Waals surface area contributed by atoms with Crippen LogP contribution in [0.15, 0.2) is 29.8 Å². The van der Waals surface area contributed by atoms with Gasteiger partial charge in [0.1, 0.15) is 11.5 Å². The first-order valence-electron chi connectivity index (χ1n) is 6.23. The number of anilines is 1. The molecule has 2 rings (SSSR count). The van der Waals surface area contributed by atoms with Crippen molar-refractivity contribution in [3.8, 4) is 0 Å². The summed E-state index contributed by atoms with van der Waals surface area (Å²) < 4.78 is 13.1. The summed E-state index contributed by atoms with van der Waals surface area (Å²) in [7, 11) is 0. The number of nitrogens with zero attached hydrogens (tertiary/aromatic N) is 1. The molecule has 5 nitrogen and oxygen atoms in total. The molecule has 2 N–H and O–H groups in total. The Balaban J connectivity index is 1.96. The molecule has 0 unspecified atom stereocenters. The summed E-state index contributed by atoms with van der Waals surface area (Å²) in [4.78, 5) is 10.3. The molecular formula is C13H16FN3O2. The van der Waals surface area contributed by atoms with E-state index in [1.807, 2.05) is 0 Å². The zero-order valence-corrected chi connectivity index (χ0v) is 10.5. The van der Waals surface area contributed by atoms with E-state index in [9.17, 15) is 14.5 Å². The highest BCUT2D eigenvalue weighted by Crippen LogP contribution is 2.25. The molecule has 0 aromatic heterocycles. The minimum atomic E-state index is -0.508. The van der Waals surface area contributed by atoms with Crippen LogP contribution in [0.4, 0.5) is 15.8 Å². The van der Waals surface area contributed by atoms with Crippen LogP contribution >= 0.6 is 0 Å². The van der Waals surface area contributed by atoms with Gasteiger partial charge in [-0.05, 0) is 25.5 Å². The van der Waals surface area contributed by atoms with Crippen molar-refractivity contribution in [2.24, 2.45) is 0 Å². The normalized spacial score (nSPS) is 14.9. The van der Waals surface area contributed by atoms with Crippen LogP contribution in [-0.2, 0) is 0 Å². The number of nitro benzene ring substituents is 1. The summed E-state index contributed by atoms with van der Waals surface area (Å²) >= 11 is 0. The zero-order valence-electron chi connectivity index (χ0n) is 10.5. The molecule has 1 aromatic carbocycles. The lowest BCUT2D eigenvalue weighted by atomic mass is 10.1. The fourth-order valence-electron chi connectivity index (χ4n) is 2.06. The molecule has 1 heterocycles. The summed E-state index contributed by atoms with van der Waals surface area (Å²) in [5.41, 5.74) is 1.46. The highest BCUT2D eigenvalue weighted by atomic mass is 19.1. The summed E-state index contributed by atoms with van der Waals surface area (Å²) in [6.07, 6.45) is 3.94. The van der Waals surface area contributed by atoms with Crippen LogP contribution in [0.2, 0.25) is 0 Å². The van der Waals surface area contributed by atoms with Gasteiger partial charge in [-0.15, -0.1) is 0 Å². The van der Waals surface area contributed by atoms with Gasteiger partial charge in [0.2, 0.25) is 0 Å². The molecule has 0 bridgehead atoms. The van der Waals surface area contributed by atoms with Gasteiger partial charge in [-0.25, -0.2) is 4.39 Å². The van der Waals surface area contributed by atoms with E-state index in [0.29, 0.717) is 6.54 Å². The van der Waals surface area contributed by atoms with Gasteiger partial charge < -0.3 is 10.6 Å². The third kappa shape index (κ3) is 3.75. The summed E-state index contributed by atoms with van der Waals surface area (Å²) in [5, 5.41) is 17.0. The third-order valence-corrected chi connectivity index (χ3v) is 3.07. The molecule has 1 aliphatic heterocycles. The average Bonchev–Trinajstić information content (AvgIpc) is 2.39. The maximum absolute atomic E-state index is 13.1. The second-order valence-electron chi connectivity index (χ2n) is 4.41. The SMILES string of the molecule is O=[N+]([O-])c1ccc(F)cc1NCCC1=CCNCC1. The molecular weight excluding hydrogens is 249 g/mol. The van der Waals surface area contributed by atoms with Crippen LogP contribution in [0.1, 0.15) is 12.8 Å². The van der Waals surface area contributed by atoms with Gasteiger partial charge in [0.25, 0.3) is 5.69 Å². The van der Waals surface area contributed by atoms with E-state index in [2.05, 4.69) is 16.7 Å². The molecule has 1 aromatic rings. The average molecular weight is 265 g/mol. The maximum Gasteiger partial charge on any atom is 0.292 e. The largest absolute Gasteiger partial charge is 0.379 e. The predicted octanol–water partition coefficient (Wildman–Crippen LogP) is 2.46. The first kappa shape index (κ1) is 13.5. The van der Waals surface area contributed by atoms with Gasteiger partial charge in [-0.2, -0.15) is 0 Å². The molecule has 6 heteroatoms. The fraction of sp³-hybridized carbons (Fsp3) is 0.385. The van der Waals surface area contributed by atoms with Gasteiger partial charge in [0.15, 0.2) is 0 Å². The van der Waals surface area contributed by atoms with E-state index >= 15 is 0 Å². The van der Waals surface area contributed by atoms with Gasteiger partial charge in [0.05, 0.1) is 4.92 Å². The summed E-state index contributed by atoms with van der Waals surface area (Å²) in [6, 6.07) is 3.44. The number of hydrogen-bond acceptors (Lipinski definition) is 4. The molecule has 0 atom stereocenters. The summed E-state index contributed by atoms with van der Waals surface area (Å²) in [6.45, 7) is 2.40. The van der Waals surface area contributed by atoms with Crippen LogP contribution < -0.4 is 10.6 Å². The Labute approximate surface area is 110 Å². The number of benzene rings is 1. The van der Waals surface area contributed by atoms with Crippen molar-refractivity contribution < 1.29 is 9.31 Å². The first-order valence-corrected chi connectivity index (χ1v) is 6.23. The van der Waals surface area contributed by atoms with Crippen molar-refractivity contribution in [1.82, 2.24) is 5.32 Å². The highest BCUT2D eigenvalue weighted by Gasteiger charge is 2.14. The van der Waals surface area contributed by atoms with Crippen molar-refractivity contribution in [3.05, 3.63) is 45.8 Å². The Morgan fingerprint density at radius 3 is 3.00 bits per heavy atom. The van der Waals surface area contributed by atoms with E-state index in [1.165, 1.54) is 11.6 Å². The maximum atomic E-state index is 13.1. The zero-order chi connectivity index (χ0) is 13.7. The fourth-order valence-corrected chi connectivity index (χ4v) is 2.06. The minimum absolute atomic E-state index is 0.0966. The topological polar surface area (TPSA) is 67.2 Å². The van der Waals surface area contributed by atoms with Crippen LogP contribution in [-0.4, -0.2) is 24.6 Å². The second kappa shape index (κ2) is 6.29. The monoisotopic (exact) mass is 265 g/mol. The molecule has 1 aliphatic rings. The van der Waals surface area contributed by atoms with Crippen LogP contribution in [0.3, 0.4) is 0 Å². The number of nitrogens with one attached hydrogen (secondary N) is 2. The van der Waals surface area contributed by atoms with Crippen LogP contribution in [0, 0.1) is 15.9 Å².